The van der Waals surface area contributed by atoms with Crippen LogP contribution in [0.5, 0.6) is 5.75 Å². The zero-order chi connectivity index (χ0) is 11.3. The second kappa shape index (κ2) is 5.71. The van der Waals surface area contributed by atoms with E-state index in [-0.39, 0.29) is 11.9 Å². The fourth-order valence-corrected chi connectivity index (χ4v) is 1.38. The lowest BCUT2D eigenvalue weighted by Crippen LogP contribution is -2.14. The summed E-state index contributed by atoms with van der Waals surface area (Å²) in [6.07, 6.45) is 0.877. The third-order valence-corrected chi connectivity index (χ3v) is 2.35. The molecule has 0 radical (unpaired) electrons. The van der Waals surface area contributed by atoms with E-state index in [2.05, 4.69) is 5.32 Å². The molecule has 1 unspecified atom stereocenters. The molecule has 0 heterocycles. The summed E-state index contributed by atoms with van der Waals surface area (Å²) in [5.41, 5.74) is 0.867. The molecule has 0 aliphatic heterocycles. The minimum absolute atomic E-state index is 0.0903. The Morgan fingerprint density at radius 1 is 1.47 bits per heavy atom. The molecule has 0 fully saturated rings. The van der Waals surface area contributed by atoms with Crippen molar-refractivity contribution in [3.05, 3.63) is 29.6 Å². The highest BCUT2D eigenvalue weighted by Crippen LogP contribution is 2.27. The molecule has 0 aliphatic rings. The molecule has 0 aliphatic carbocycles. The van der Waals surface area contributed by atoms with Crippen LogP contribution in [0.15, 0.2) is 18.2 Å². The first kappa shape index (κ1) is 12.0. The summed E-state index contributed by atoms with van der Waals surface area (Å²) in [7, 11) is 1.85. The number of para-hydroxylation sites is 1. The molecule has 0 bridgehead atoms. The normalized spacial score (nSPS) is 12.5. The monoisotopic (exact) mass is 211 g/mol. The molecule has 1 aromatic carbocycles. The van der Waals surface area contributed by atoms with Gasteiger partial charge in [-0.15, -0.1) is 0 Å². The van der Waals surface area contributed by atoms with Gasteiger partial charge in [-0.1, -0.05) is 19.1 Å². The second-order valence-electron chi connectivity index (χ2n) is 3.52. The van der Waals surface area contributed by atoms with E-state index in [1.807, 2.05) is 27.0 Å². The summed E-state index contributed by atoms with van der Waals surface area (Å²) in [5.74, 6) is 0.0873. The highest BCUT2D eigenvalue weighted by Gasteiger charge is 2.13. The van der Waals surface area contributed by atoms with Crippen LogP contribution in [-0.2, 0) is 0 Å². The highest BCUT2D eigenvalue weighted by atomic mass is 19.1. The first-order valence-corrected chi connectivity index (χ1v) is 5.29. The van der Waals surface area contributed by atoms with Crippen LogP contribution >= 0.6 is 0 Å². The Balaban J connectivity index is 2.97. The number of benzene rings is 1. The smallest absolute Gasteiger partial charge is 0.165 e. The quantitative estimate of drug-likeness (QED) is 0.808. The van der Waals surface area contributed by atoms with E-state index in [0.29, 0.717) is 12.4 Å². The molecule has 0 aromatic heterocycles. The fourth-order valence-electron chi connectivity index (χ4n) is 1.38. The van der Waals surface area contributed by atoms with Crippen LogP contribution in [0, 0.1) is 5.82 Å². The maximum atomic E-state index is 13.5. The molecule has 1 N–H and O–H groups in total. The molecule has 0 spiro atoms. The van der Waals surface area contributed by atoms with Crippen molar-refractivity contribution in [2.24, 2.45) is 0 Å². The fraction of sp³-hybridized carbons (Fsp3) is 0.500. The topological polar surface area (TPSA) is 21.3 Å². The lowest BCUT2D eigenvalue weighted by molar-refractivity contribution is 0.295. The Morgan fingerprint density at radius 2 is 2.20 bits per heavy atom. The van der Waals surface area contributed by atoms with Gasteiger partial charge >= 0.3 is 0 Å². The van der Waals surface area contributed by atoms with Crippen molar-refractivity contribution in [2.45, 2.75) is 26.3 Å². The van der Waals surface area contributed by atoms with Crippen molar-refractivity contribution < 1.29 is 9.13 Å². The van der Waals surface area contributed by atoms with Crippen molar-refractivity contribution in [2.75, 3.05) is 13.7 Å². The van der Waals surface area contributed by atoms with Gasteiger partial charge in [-0.05, 0) is 26.5 Å². The number of nitrogens with one attached hydrogen (secondary N) is 1. The van der Waals surface area contributed by atoms with Gasteiger partial charge in [-0.25, -0.2) is 4.39 Å². The maximum Gasteiger partial charge on any atom is 0.165 e. The molecule has 1 rings (SSSR count). The third kappa shape index (κ3) is 2.93. The van der Waals surface area contributed by atoms with Crippen LogP contribution in [0.2, 0.25) is 0 Å². The number of hydrogen-bond donors (Lipinski definition) is 1. The lowest BCUT2D eigenvalue weighted by atomic mass is 10.1. The molecule has 1 aromatic rings. The van der Waals surface area contributed by atoms with E-state index in [0.717, 1.165) is 12.0 Å². The molecule has 15 heavy (non-hydrogen) atoms. The Morgan fingerprint density at radius 3 is 2.80 bits per heavy atom. The van der Waals surface area contributed by atoms with Crippen LogP contribution in [0.1, 0.15) is 31.9 Å². The van der Waals surface area contributed by atoms with Gasteiger partial charge < -0.3 is 10.1 Å². The highest BCUT2D eigenvalue weighted by molar-refractivity contribution is 5.37. The molecule has 0 saturated heterocycles. The Labute approximate surface area is 90.4 Å². The first-order valence-electron chi connectivity index (χ1n) is 5.29. The van der Waals surface area contributed by atoms with Crippen LogP contribution in [0.3, 0.4) is 0 Å². The van der Waals surface area contributed by atoms with E-state index < -0.39 is 0 Å². The average Bonchev–Trinajstić information content (AvgIpc) is 2.26. The van der Waals surface area contributed by atoms with Gasteiger partial charge in [0.05, 0.1) is 6.61 Å². The van der Waals surface area contributed by atoms with Gasteiger partial charge in [0, 0.05) is 11.6 Å². The third-order valence-electron chi connectivity index (χ3n) is 2.35. The van der Waals surface area contributed by atoms with Crippen molar-refractivity contribution in [3.8, 4) is 5.75 Å². The predicted molar refractivity (Wildman–Crippen MR) is 59.7 cm³/mol. The van der Waals surface area contributed by atoms with Crippen molar-refractivity contribution in [1.82, 2.24) is 5.32 Å². The van der Waals surface area contributed by atoms with E-state index in [1.54, 1.807) is 6.07 Å². The van der Waals surface area contributed by atoms with Crippen molar-refractivity contribution in [1.29, 1.82) is 0 Å². The number of hydrogen-bond acceptors (Lipinski definition) is 2. The van der Waals surface area contributed by atoms with Gasteiger partial charge in [0.15, 0.2) is 11.6 Å². The van der Waals surface area contributed by atoms with Crippen molar-refractivity contribution in [3.63, 3.8) is 0 Å². The van der Waals surface area contributed by atoms with E-state index in [1.165, 1.54) is 6.07 Å². The molecular weight excluding hydrogens is 193 g/mol. The number of halogens is 1. The van der Waals surface area contributed by atoms with Gasteiger partial charge in [-0.2, -0.15) is 0 Å². The Bertz CT molecular complexity index is 314. The first-order chi connectivity index (χ1) is 7.20. The van der Waals surface area contributed by atoms with Crippen LogP contribution in [0.4, 0.5) is 4.39 Å². The molecular formula is C12H18FNO. The summed E-state index contributed by atoms with van der Waals surface area (Å²) in [6, 6.07) is 5.11. The average molecular weight is 211 g/mol. The largest absolute Gasteiger partial charge is 0.490 e. The zero-order valence-electron chi connectivity index (χ0n) is 9.51. The van der Waals surface area contributed by atoms with Crippen molar-refractivity contribution >= 4 is 0 Å². The minimum atomic E-state index is -0.289. The summed E-state index contributed by atoms with van der Waals surface area (Å²) < 4.78 is 18.9. The molecule has 1 atom stereocenters. The standard InChI is InChI=1S/C12H18FNO/c1-4-8-15-12-10(9(2)14-3)6-5-7-11(12)13/h5-7,9,14H,4,8H2,1-3H3. The van der Waals surface area contributed by atoms with Gasteiger partial charge in [0.2, 0.25) is 0 Å². The van der Waals surface area contributed by atoms with E-state index >= 15 is 0 Å². The predicted octanol–water partition coefficient (Wildman–Crippen LogP) is 2.89. The Hall–Kier alpha value is -1.09. The molecule has 84 valence electrons. The van der Waals surface area contributed by atoms with Crippen LogP contribution < -0.4 is 10.1 Å². The number of rotatable bonds is 5. The molecule has 0 amide bonds. The second-order valence-corrected chi connectivity index (χ2v) is 3.52. The molecule has 0 saturated carbocycles. The maximum absolute atomic E-state index is 13.5. The lowest BCUT2D eigenvalue weighted by Gasteiger charge is -2.16. The Kier molecular flexibility index (Phi) is 4.56. The summed E-state index contributed by atoms with van der Waals surface area (Å²) >= 11 is 0. The summed E-state index contributed by atoms with van der Waals surface area (Å²) in [4.78, 5) is 0. The van der Waals surface area contributed by atoms with Gasteiger partial charge in [0.25, 0.3) is 0 Å². The van der Waals surface area contributed by atoms with Gasteiger partial charge in [0.1, 0.15) is 0 Å². The van der Waals surface area contributed by atoms with Crippen LogP contribution in [0.25, 0.3) is 0 Å². The van der Waals surface area contributed by atoms with E-state index in [9.17, 15) is 4.39 Å². The zero-order valence-corrected chi connectivity index (χ0v) is 9.51. The SMILES string of the molecule is CCCOc1c(F)cccc1C(C)NC. The number of ether oxygens (including phenoxy) is 1. The van der Waals surface area contributed by atoms with E-state index in [4.69, 9.17) is 4.74 Å². The molecule has 2 nitrogen and oxygen atoms in total. The minimum Gasteiger partial charge on any atom is -0.490 e. The van der Waals surface area contributed by atoms with Crippen LogP contribution in [-0.4, -0.2) is 13.7 Å². The summed E-state index contributed by atoms with van der Waals surface area (Å²) in [6.45, 7) is 4.53. The summed E-state index contributed by atoms with van der Waals surface area (Å²) in [5, 5.41) is 3.08. The molecule has 3 heteroatoms. The van der Waals surface area contributed by atoms with Gasteiger partial charge in [-0.3, -0.25) is 0 Å².